The van der Waals surface area contributed by atoms with Gasteiger partial charge in [-0.05, 0) is 30.7 Å². The molecule has 0 fully saturated rings. The number of benzene rings is 2. The Labute approximate surface area is 143 Å². The largest absolute Gasteiger partial charge is 0.453 e. The van der Waals surface area contributed by atoms with Gasteiger partial charge in [0.1, 0.15) is 11.6 Å². The summed E-state index contributed by atoms with van der Waals surface area (Å²) in [5.74, 6) is -2.14. The van der Waals surface area contributed by atoms with E-state index in [4.69, 9.17) is 22.1 Å². The summed E-state index contributed by atoms with van der Waals surface area (Å²) in [6, 6.07) is 6.00. The zero-order chi connectivity index (χ0) is 17.9. The minimum atomic E-state index is -0.713. The molecular formula is C17H17ClF2N2O2. The molecule has 0 bridgehead atoms. The number of ether oxygens (including phenoxy) is 1. The number of hydrogen-bond acceptors (Lipinski definition) is 3. The van der Waals surface area contributed by atoms with Crippen LogP contribution in [0, 0.1) is 11.6 Å². The van der Waals surface area contributed by atoms with E-state index in [0.29, 0.717) is 6.42 Å². The molecule has 0 saturated carbocycles. The lowest BCUT2D eigenvalue weighted by atomic mass is 10.0. The molecule has 4 nitrogen and oxygen atoms in total. The summed E-state index contributed by atoms with van der Waals surface area (Å²) in [6.07, 6.45) is 0.537. The van der Waals surface area contributed by atoms with Gasteiger partial charge < -0.3 is 15.8 Å². The molecule has 2 aromatic rings. The van der Waals surface area contributed by atoms with Crippen molar-refractivity contribution >= 4 is 17.5 Å². The van der Waals surface area contributed by atoms with Crippen LogP contribution in [0.15, 0.2) is 30.3 Å². The monoisotopic (exact) mass is 354 g/mol. The summed E-state index contributed by atoms with van der Waals surface area (Å²) in [7, 11) is 1.38. The summed E-state index contributed by atoms with van der Waals surface area (Å²) in [6.45, 7) is 1.83. The summed E-state index contributed by atoms with van der Waals surface area (Å²) in [4.78, 5) is 11.6. The Morgan fingerprint density at radius 1 is 1.33 bits per heavy atom. The van der Waals surface area contributed by atoms with Crippen molar-refractivity contribution < 1.29 is 18.3 Å². The van der Waals surface area contributed by atoms with E-state index in [0.717, 1.165) is 6.07 Å². The lowest BCUT2D eigenvalue weighted by Gasteiger charge is -2.15. The second kappa shape index (κ2) is 7.59. The van der Waals surface area contributed by atoms with Crippen LogP contribution in [-0.2, 0) is 0 Å². The summed E-state index contributed by atoms with van der Waals surface area (Å²) in [5.41, 5.74) is 5.92. The summed E-state index contributed by atoms with van der Waals surface area (Å²) < 4.78 is 33.8. The molecule has 7 heteroatoms. The molecule has 2 aromatic carbocycles. The molecule has 0 aromatic heterocycles. The molecule has 24 heavy (non-hydrogen) atoms. The SMILES string of the molecule is CC[C@@H](N)c1ccc(Cl)c(Oc2ccc(F)c(C(=O)NC)c2)c1F. The molecule has 3 N–H and O–H groups in total. The molecule has 1 atom stereocenters. The highest BCUT2D eigenvalue weighted by molar-refractivity contribution is 6.32. The van der Waals surface area contributed by atoms with E-state index < -0.39 is 23.6 Å². The normalized spacial score (nSPS) is 11.9. The zero-order valence-electron chi connectivity index (χ0n) is 13.2. The minimum Gasteiger partial charge on any atom is -0.453 e. The minimum absolute atomic E-state index is 0.0466. The predicted molar refractivity (Wildman–Crippen MR) is 88.5 cm³/mol. The quantitative estimate of drug-likeness (QED) is 0.846. The maximum atomic E-state index is 14.6. The van der Waals surface area contributed by atoms with E-state index in [1.165, 1.54) is 31.3 Å². The molecule has 0 heterocycles. The summed E-state index contributed by atoms with van der Waals surface area (Å²) in [5, 5.41) is 2.36. The number of nitrogens with one attached hydrogen (secondary N) is 1. The van der Waals surface area contributed by atoms with Crippen molar-refractivity contribution in [1.82, 2.24) is 5.32 Å². The Hall–Kier alpha value is -2.18. The molecular weight excluding hydrogens is 338 g/mol. The third kappa shape index (κ3) is 3.66. The highest BCUT2D eigenvalue weighted by atomic mass is 35.5. The van der Waals surface area contributed by atoms with Gasteiger partial charge in [0.25, 0.3) is 5.91 Å². The Kier molecular flexibility index (Phi) is 5.75. The molecule has 0 saturated heterocycles. The number of halogens is 3. The van der Waals surface area contributed by atoms with Gasteiger partial charge in [0.2, 0.25) is 0 Å². The molecule has 128 valence electrons. The average Bonchev–Trinajstić information content (AvgIpc) is 2.58. The number of carbonyl (C=O) groups is 1. The Morgan fingerprint density at radius 2 is 2.04 bits per heavy atom. The van der Waals surface area contributed by atoms with Gasteiger partial charge in [-0.3, -0.25) is 4.79 Å². The number of rotatable bonds is 5. The van der Waals surface area contributed by atoms with Crippen molar-refractivity contribution in [2.45, 2.75) is 19.4 Å². The van der Waals surface area contributed by atoms with Crippen molar-refractivity contribution in [2.75, 3.05) is 7.05 Å². The second-order valence-corrected chi connectivity index (χ2v) is 5.52. The van der Waals surface area contributed by atoms with E-state index in [9.17, 15) is 13.6 Å². The lowest BCUT2D eigenvalue weighted by molar-refractivity contribution is 0.0958. The molecule has 2 rings (SSSR count). The molecule has 0 aliphatic heterocycles. The average molecular weight is 355 g/mol. The van der Waals surface area contributed by atoms with Crippen molar-refractivity contribution in [3.8, 4) is 11.5 Å². The second-order valence-electron chi connectivity index (χ2n) is 5.12. The first kappa shape index (κ1) is 18.2. The standard InChI is InChI=1S/C17H17ClF2N2O2/c1-3-14(21)10-5-6-12(18)16(15(10)20)24-9-4-7-13(19)11(8-9)17(23)22-2/h4-8,14H,3,21H2,1-2H3,(H,22,23)/t14-/m1/s1. The first-order valence-corrected chi connectivity index (χ1v) is 7.69. The summed E-state index contributed by atoms with van der Waals surface area (Å²) >= 11 is 6.00. The van der Waals surface area contributed by atoms with Gasteiger partial charge in [-0.1, -0.05) is 24.6 Å². The number of hydrogen-bond donors (Lipinski definition) is 2. The van der Waals surface area contributed by atoms with Crippen molar-refractivity contribution in [3.63, 3.8) is 0 Å². The Balaban J connectivity index is 2.43. The molecule has 0 spiro atoms. The fourth-order valence-corrected chi connectivity index (χ4v) is 2.33. The maximum Gasteiger partial charge on any atom is 0.254 e. The smallest absolute Gasteiger partial charge is 0.254 e. The Morgan fingerprint density at radius 3 is 2.67 bits per heavy atom. The van der Waals surface area contributed by atoms with E-state index in [-0.39, 0.29) is 27.6 Å². The highest BCUT2D eigenvalue weighted by Crippen LogP contribution is 2.36. The zero-order valence-corrected chi connectivity index (χ0v) is 14.0. The van der Waals surface area contributed by atoms with E-state index in [1.54, 1.807) is 0 Å². The fraction of sp³-hybridized carbons (Fsp3) is 0.235. The van der Waals surface area contributed by atoms with Gasteiger partial charge in [0.15, 0.2) is 11.6 Å². The maximum absolute atomic E-state index is 14.6. The number of carbonyl (C=O) groups excluding carboxylic acids is 1. The molecule has 0 radical (unpaired) electrons. The van der Waals surface area contributed by atoms with Crippen LogP contribution in [0.1, 0.15) is 35.3 Å². The van der Waals surface area contributed by atoms with Crippen LogP contribution in [-0.4, -0.2) is 13.0 Å². The van der Waals surface area contributed by atoms with Gasteiger partial charge in [0.05, 0.1) is 10.6 Å². The topological polar surface area (TPSA) is 64.3 Å². The third-order valence-corrected chi connectivity index (χ3v) is 3.85. The van der Waals surface area contributed by atoms with Crippen LogP contribution in [0.4, 0.5) is 8.78 Å². The number of amides is 1. The fourth-order valence-electron chi connectivity index (χ4n) is 2.14. The van der Waals surface area contributed by atoms with E-state index >= 15 is 0 Å². The third-order valence-electron chi connectivity index (χ3n) is 3.55. The van der Waals surface area contributed by atoms with Gasteiger partial charge in [-0.2, -0.15) is 0 Å². The van der Waals surface area contributed by atoms with Crippen LogP contribution < -0.4 is 15.8 Å². The van der Waals surface area contributed by atoms with Crippen molar-refractivity contribution in [3.05, 3.63) is 58.1 Å². The van der Waals surface area contributed by atoms with Crippen LogP contribution in [0.25, 0.3) is 0 Å². The molecule has 1 amide bonds. The van der Waals surface area contributed by atoms with E-state index in [1.807, 2.05) is 6.92 Å². The van der Waals surface area contributed by atoms with Gasteiger partial charge in [0, 0.05) is 18.7 Å². The van der Waals surface area contributed by atoms with E-state index in [2.05, 4.69) is 5.32 Å². The first-order chi connectivity index (χ1) is 11.4. The number of nitrogens with two attached hydrogens (primary N) is 1. The first-order valence-electron chi connectivity index (χ1n) is 7.32. The van der Waals surface area contributed by atoms with Crippen LogP contribution in [0.2, 0.25) is 5.02 Å². The Bertz CT molecular complexity index is 768. The highest BCUT2D eigenvalue weighted by Gasteiger charge is 2.19. The van der Waals surface area contributed by atoms with Gasteiger partial charge in [-0.25, -0.2) is 8.78 Å². The molecule has 0 aliphatic rings. The van der Waals surface area contributed by atoms with Gasteiger partial charge >= 0.3 is 0 Å². The predicted octanol–water partition coefficient (Wildman–Crippen LogP) is 4.18. The van der Waals surface area contributed by atoms with Crippen LogP contribution in [0.5, 0.6) is 11.5 Å². The molecule has 0 unspecified atom stereocenters. The molecule has 0 aliphatic carbocycles. The van der Waals surface area contributed by atoms with Crippen molar-refractivity contribution in [2.24, 2.45) is 5.73 Å². The van der Waals surface area contributed by atoms with Crippen LogP contribution >= 0.6 is 11.6 Å². The van der Waals surface area contributed by atoms with Crippen molar-refractivity contribution in [1.29, 1.82) is 0 Å². The van der Waals surface area contributed by atoms with Crippen LogP contribution in [0.3, 0.4) is 0 Å². The lowest BCUT2D eigenvalue weighted by Crippen LogP contribution is -2.19. The van der Waals surface area contributed by atoms with Gasteiger partial charge in [-0.15, -0.1) is 0 Å².